The van der Waals surface area contributed by atoms with Crippen molar-refractivity contribution < 1.29 is 27.6 Å². The van der Waals surface area contributed by atoms with Crippen molar-refractivity contribution >= 4 is 40.8 Å². The number of fused-ring (bicyclic) bond motifs is 1. The monoisotopic (exact) mass is 646 g/mol. The highest BCUT2D eigenvalue weighted by molar-refractivity contribution is 7.90. The van der Waals surface area contributed by atoms with Crippen LogP contribution in [0.1, 0.15) is 15.9 Å². The second kappa shape index (κ2) is 12.4. The van der Waals surface area contributed by atoms with Crippen LogP contribution in [0.25, 0.3) is 33.5 Å². The lowest BCUT2D eigenvalue weighted by Gasteiger charge is -2.18. The topological polar surface area (TPSA) is 136 Å². The summed E-state index contributed by atoms with van der Waals surface area (Å²) < 4.78 is 41.3. The molecule has 45 heavy (non-hydrogen) atoms. The van der Waals surface area contributed by atoms with Gasteiger partial charge in [0.05, 0.1) is 33.9 Å². The molecule has 0 saturated heterocycles. The van der Waals surface area contributed by atoms with Crippen molar-refractivity contribution in [3.63, 3.8) is 0 Å². The number of carbonyl (C=O) groups is 1. The molecule has 0 aliphatic heterocycles. The number of esters is 1. The Labute approximate surface area is 262 Å². The lowest BCUT2D eigenvalue weighted by atomic mass is 10.0. The summed E-state index contributed by atoms with van der Waals surface area (Å²) >= 11 is 0. The van der Waals surface area contributed by atoms with Crippen LogP contribution in [0.2, 0.25) is 25.7 Å². The normalized spacial score (nSPS) is 12.0. The number of aromatic nitrogens is 3. The molecule has 11 nitrogen and oxygen atoms in total. The number of pyridine rings is 1. The van der Waals surface area contributed by atoms with Gasteiger partial charge in [0.25, 0.3) is 15.7 Å². The van der Waals surface area contributed by atoms with Crippen LogP contribution in [0, 0.1) is 17.0 Å². The Hall–Kier alpha value is -4.59. The molecular weight excluding hydrogens is 613 g/mol. The SMILES string of the molecule is COC(=O)c1cc(-c2ccnc3c2ccn3S(=O)(=O)c2ccccc2)n(COCC[Si](C)(C)C)c1-c1ccc(C)c([N+](=O)[O-])c1. The summed E-state index contributed by atoms with van der Waals surface area (Å²) in [6.07, 6.45) is 2.96. The average Bonchev–Trinajstić information content (AvgIpc) is 3.62. The van der Waals surface area contributed by atoms with E-state index in [4.69, 9.17) is 9.47 Å². The molecule has 0 aliphatic rings. The molecule has 2 aromatic carbocycles. The molecule has 0 atom stereocenters. The Morgan fingerprint density at radius 1 is 1.04 bits per heavy atom. The van der Waals surface area contributed by atoms with E-state index in [-0.39, 0.29) is 28.5 Å². The van der Waals surface area contributed by atoms with Gasteiger partial charge in [0.1, 0.15) is 6.73 Å². The minimum absolute atomic E-state index is 0.0284. The standard InChI is InChI=1S/C32H34N4O7SSi/c1-22-11-12-23(19-28(22)36(38)39)30-27(32(37)42-2)20-29(34(30)21-43-17-18-45(3,4)5)25-13-15-33-31-26(25)14-16-35(31)44(40,41)24-9-7-6-8-10-24/h6-16,19-20H,17-18,21H2,1-5H3. The van der Waals surface area contributed by atoms with Crippen LogP contribution >= 0.6 is 0 Å². The first-order valence-corrected chi connectivity index (χ1v) is 19.4. The quantitative estimate of drug-likeness (QED) is 0.0507. The summed E-state index contributed by atoms with van der Waals surface area (Å²) in [6, 6.07) is 18.8. The number of nitro groups is 1. The molecule has 0 spiro atoms. The van der Waals surface area contributed by atoms with Crippen LogP contribution in [0.3, 0.4) is 0 Å². The first-order valence-electron chi connectivity index (χ1n) is 14.3. The predicted molar refractivity (Wildman–Crippen MR) is 174 cm³/mol. The number of hydrogen-bond donors (Lipinski definition) is 0. The number of ether oxygens (including phenoxy) is 2. The number of methoxy groups -OCH3 is 1. The zero-order valence-electron chi connectivity index (χ0n) is 25.7. The molecule has 5 aromatic rings. The minimum atomic E-state index is -3.95. The van der Waals surface area contributed by atoms with Crippen molar-refractivity contribution in [3.8, 4) is 22.5 Å². The molecule has 0 aliphatic carbocycles. The highest BCUT2D eigenvalue weighted by atomic mass is 32.2. The van der Waals surface area contributed by atoms with Crippen molar-refractivity contribution in [1.82, 2.24) is 13.5 Å². The smallest absolute Gasteiger partial charge is 0.340 e. The van der Waals surface area contributed by atoms with Crippen LogP contribution in [-0.2, 0) is 26.2 Å². The van der Waals surface area contributed by atoms with Gasteiger partial charge in [0.15, 0.2) is 5.65 Å². The molecule has 3 heterocycles. The maximum absolute atomic E-state index is 13.5. The molecule has 234 valence electrons. The minimum Gasteiger partial charge on any atom is -0.465 e. The average molecular weight is 647 g/mol. The van der Waals surface area contributed by atoms with Gasteiger partial charge in [-0.05, 0) is 43.3 Å². The molecule has 0 amide bonds. The zero-order valence-corrected chi connectivity index (χ0v) is 27.5. The predicted octanol–water partition coefficient (Wildman–Crippen LogP) is 6.72. The van der Waals surface area contributed by atoms with Gasteiger partial charge in [-0.2, -0.15) is 0 Å². The second-order valence-corrected chi connectivity index (χ2v) is 19.3. The third kappa shape index (κ3) is 6.32. The maximum atomic E-state index is 13.5. The Bertz CT molecular complexity index is 2010. The van der Waals surface area contributed by atoms with E-state index in [1.807, 2.05) is 0 Å². The summed E-state index contributed by atoms with van der Waals surface area (Å²) in [5.41, 5.74) is 2.71. The van der Waals surface area contributed by atoms with E-state index in [1.54, 1.807) is 60.0 Å². The number of hydrogen-bond acceptors (Lipinski definition) is 8. The third-order valence-corrected chi connectivity index (χ3v) is 10.9. The first kappa shape index (κ1) is 31.8. The molecule has 5 rings (SSSR count). The van der Waals surface area contributed by atoms with Gasteiger partial charge in [0.2, 0.25) is 0 Å². The van der Waals surface area contributed by atoms with Gasteiger partial charge in [-0.3, -0.25) is 10.1 Å². The molecule has 3 aromatic heterocycles. The number of carbonyl (C=O) groups excluding carboxylic acids is 1. The van der Waals surface area contributed by atoms with Gasteiger partial charge < -0.3 is 14.0 Å². The summed E-state index contributed by atoms with van der Waals surface area (Å²) in [7, 11) is -4.11. The molecule has 0 unspecified atom stereocenters. The number of nitrogens with zero attached hydrogens (tertiary/aromatic N) is 4. The fraction of sp³-hybridized carbons (Fsp3) is 0.250. The van der Waals surface area contributed by atoms with E-state index in [1.165, 1.54) is 37.7 Å². The molecule has 13 heteroatoms. The largest absolute Gasteiger partial charge is 0.465 e. The van der Waals surface area contributed by atoms with Crippen molar-refractivity contribution in [3.05, 3.63) is 100 Å². The lowest BCUT2D eigenvalue weighted by Crippen LogP contribution is -2.22. The van der Waals surface area contributed by atoms with Crippen molar-refractivity contribution in [2.45, 2.75) is 44.2 Å². The maximum Gasteiger partial charge on any atom is 0.340 e. The number of benzene rings is 2. The lowest BCUT2D eigenvalue weighted by molar-refractivity contribution is -0.385. The summed E-state index contributed by atoms with van der Waals surface area (Å²) in [5, 5.41) is 12.4. The molecule has 0 saturated carbocycles. The molecule has 0 fully saturated rings. The van der Waals surface area contributed by atoms with Crippen molar-refractivity contribution in [1.29, 1.82) is 0 Å². The van der Waals surface area contributed by atoms with E-state index in [2.05, 4.69) is 24.6 Å². The van der Waals surface area contributed by atoms with Gasteiger partial charge in [-0.15, -0.1) is 0 Å². The first-order chi connectivity index (χ1) is 21.3. The third-order valence-electron chi connectivity index (χ3n) is 7.53. The van der Waals surface area contributed by atoms with Gasteiger partial charge in [-0.1, -0.05) is 50.0 Å². The Morgan fingerprint density at radius 3 is 2.44 bits per heavy atom. The fourth-order valence-corrected chi connectivity index (χ4v) is 7.19. The fourth-order valence-electron chi connectivity index (χ4n) is 5.11. The Morgan fingerprint density at radius 2 is 1.78 bits per heavy atom. The molecule has 0 radical (unpaired) electrons. The van der Waals surface area contributed by atoms with Gasteiger partial charge in [0, 0.05) is 55.2 Å². The number of rotatable bonds is 11. The summed E-state index contributed by atoms with van der Waals surface area (Å²) in [5.74, 6) is -0.634. The van der Waals surface area contributed by atoms with E-state index in [0.29, 0.717) is 40.1 Å². The van der Waals surface area contributed by atoms with E-state index in [9.17, 15) is 23.3 Å². The van der Waals surface area contributed by atoms with Crippen LogP contribution < -0.4 is 0 Å². The van der Waals surface area contributed by atoms with Crippen LogP contribution in [0.5, 0.6) is 0 Å². The molecular formula is C32H34N4O7SSi. The van der Waals surface area contributed by atoms with Crippen LogP contribution in [0.4, 0.5) is 5.69 Å². The Balaban J connectivity index is 1.74. The second-order valence-electron chi connectivity index (χ2n) is 11.8. The van der Waals surface area contributed by atoms with Crippen molar-refractivity contribution in [2.24, 2.45) is 0 Å². The molecule has 0 N–H and O–H groups in total. The zero-order chi connectivity index (χ0) is 32.5. The highest BCUT2D eigenvalue weighted by Crippen LogP contribution is 2.38. The highest BCUT2D eigenvalue weighted by Gasteiger charge is 2.27. The van der Waals surface area contributed by atoms with E-state index in [0.717, 1.165) is 10.0 Å². The summed E-state index contributed by atoms with van der Waals surface area (Å²) in [4.78, 5) is 29.1. The Kier molecular flexibility index (Phi) is 8.78. The van der Waals surface area contributed by atoms with Gasteiger partial charge >= 0.3 is 5.97 Å². The van der Waals surface area contributed by atoms with Crippen LogP contribution in [-0.4, -0.2) is 54.6 Å². The number of aryl methyl sites for hydroxylation is 1. The summed E-state index contributed by atoms with van der Waals surface area (Å²) in [6.45, 7) is 8.88. The van der Waals surface area contributed by atoms with Crippen LogP contribution in [0.15, 0.2) is 84.0 Å². The van der Waals surface area contributed by atoms with E-state index < -0.39 is 29.0 Å². The molecule has 0 bridgehead atoms. The van der Waals surface area contributed by atoms with Gasteiger partial charge in [-0.25, -0.2) is 22.2 Å². The van der Waals surface area contributed by atoms with E-state index >= 15 is 0 Å². The number of nitro benzene ring substituents is 1. The van der Waals surface area contributed by atoms with Crippen molar-refractivity contribution in [2.75, 3.05) is 13.7 Å².